The maximum absolute atomic E-state index is 11.9. The summed E-state index contributed by atoms with van der Waals surface area (Å²) in [6.07, 6.45) is -5.29. The van der Waals surface area contributed by atoms with Crippen molar-refractivity contribution in [1.29, 1.82) is 0 Å². The van der Waals surface area contributed by atoms with Crippen molar-refractivity contribution in [2.75, 3.05) is 11.6 Å². The van der Waals surface area contributed by atoms with E-state index in [1.54, 1.807) is 0 Å². The van der Waals surface area contributed by atoms with Gasteiger partial charge in [-0.1, -0.05) is 13.8 Å². The Kier molecular flexibility index (Phi) is 7.54. The molecule has 18 heavy (non-hydrogen) atoms. The topological polar surface area (TPSA) is 46.2 Å². The summed E-state index contributed by atoms with van der Waals surface area (Å²) in [6, 6.07) is -0.428. The molecule has 0 aliphatic heterocycles. The molecule has 0 aliphatic rings. The van der Waals surface area contributed by atoms with E-state index in [0.717, 1.165) is 0 Å². The van der Waals surface area contributed by atoms with E-state index in [1.165, 1.54) is 0 Å². The van der Waals surface area contributed by atoms with Gasteiger partial charge in [-0.2, -0.15) is 13.2 Å². The van der Waals surface area contributed by atoms with Crippen LogP contribution in [-0.4, -0.2) is 32.3 Å². The third kappa shape index (κ3) is 9.96. The predicted molar refractivity (Wildman–Crippen MR) is 66.2 cm³/mol. The summed E-state index contributed by atoms with van der Waals surface area (Å²) >= 11 is 5.62. The molecule has 0 rings (SSSR count). The van der Waals surface area contributed by atoms with Crippen molar-refractivity contribution in [3.8, 4) is 0 Å². The highest BCUT2D eigenvalue weighted by Gasteiger charge is 2.28. The largest absolute Gasteiger partial charge is 0.389 e. The van der Waals surface area contributed by atoms with Crippen molar-refractivity contribution in [3.05, 3.63) is 0 Å². The third-order valence-electron chi connectivity index (χ3n) is 2.16. The molecule has 0 saturated heterocycles. The molecule has 0 aromatic heterocycles. The first-order chi connectivity index (χ1) is 8.06. The Morgan fingerprint density at radius 3 is 2.22 bits per heavy atom. The van der Waals surface area contributed by atoms with Gasteiger partial charge in [0, 0.05) is 18.3 Å². The minimum Gasteiger partial charge on any atom is -0.212 e. The van der Waals surface area contributed by atoms with E-state index in [9.17, 15) is 21.6 Å². The van der Waals surface area contributed by atoms with Crippen molar-refractivity contribution in [2.45, 2.75) is 45.3 Å². The predicted octanol–water partition coefficient (Wildman–Crippen LogP) is 2.90. The molecule has 0 amide bonds. The van der Waals surface area contributed by atoms with Gasteiger partial charge in [0.2, 0.25) is 10.0 Å². The molecule has 3 nitrogen and oxygen atoms in total. The Bertz CT molecular complexity index is 331. The molecule has 0 radical (unpaired) electrons. The first-order valence-corrected chi connectivity index (χ1v) is 7.87. The molecule has 1 unspecified atom stereocenters. The summed E-state index contributed by atoms with van der Waals surface area (Å²) in [6.45, 7) is 3.83. The normalized spacial score (nSPS) is 15.1. The highest BCUT2D eigenvalue weighted by atomic mass is 35.5. The quantitative estimate of drug-likeness (QED) is 0.701. The number of nitrogens with one attached hydrogen (secondary N) is 1. The standard InChI is InChI=1S/C10H19ClF3NO2S/c1-8(2)6-9(7-11)15-18(16,17)5-3-4-10(12,13)14/h8-9,15H,3-7H2,1-2H3. The maximum atomic E-state index is 11.9. The Balaban J connectivity index is 4.21. The first kappa shape index (κ1) is 18.0. The van der Waals surface area contributed by atoms with Crippen molar-refractivity contribution >= 4 is 21.6 Å². The Hall–Kier alpha value is -0.0100. The van der Waals surface area contributed by atoms with Gasteiger partial charge in [-0.25, -0.2) is 13.1 Å². The second-order valence-electron chi connectivity index (χ2n) is 4.64. The highest BCUT2D eigenvalue weighted by molar-refractivity contribution is 7.89. The molecule has 8 heteroatoms. The monoisotopic (exact) mass is 309 g/mol. The van der Waals surface area contributed by atoms with Gasteiger partial charge >= 0.3 is 6.18 Å². The lowest BCUT2D eigenvalue weighted by atomic mass is 10.1. The molecule has 0 fully saturated rings. The van der Waals surface area contributed by atoms with Crippen LogP contribution in [-0.2, 0) is 10.0 Å². The van der Waals surface area contributed by atoms with Crippen LogP contribution in [0.1, 0.15) is 33.1 Å². The molecule has 0 spiro atoms. The molecule has 0 aromatic rings. The van der Waals surface area contributed by atoms with E-state index in [-0.39, 0.29) is 11.8 Å². The highest BCUT2D eigenvalue weighted by Crippen LogP contribution is 2.21. The van der Waals surface area contributed by atoms with Crippen LogP contribution in [0.4, 0.5) is 13.2 Å². The first-order valence-electron chi connectivity index (χ1n) is 5.68. The maximum Gasteiger partial charge on any atom is 0.389 e. The summed E-state index contributed by atoms with van der Waals surface area (Å²) < 4.78 is 61.1. The van der Waals surface area contributed by atoms with E-state index in [0.29, 0.717) is 6.42 Å². The number of hydrogen-bond acceptors (Lipinski definition) is 2. The fourth-order valence-corrected chi connectivity index (χ4v) is 3.11. The van der Waals surface area contributed by atoms with E-state index in [1.807, 2.05) is 13.8 Å². The van der Waals surface area contributed by atoms with Crippen LogP contribution in [0, 0.1) is 5.92 Å². The van der Waals surface area contributed by atoms with Gasteiger partial charge < -0.3 is 0 Å². The lowest BCUT2D eigenvalue weighted by Crippen LogP contribution is -2.38. The minimum absolute atomic E-state index is 0.108. The smallest absolute Gasteiger partial charge is 0.212 e. The molecule has 0 bridgehead atoms. The van der Waals surface area contributed by atoms with E-state index < -0.39 is 40.8 Å². The summed E-state index contributed by atoms with van der Waals surface area (Å²) in [5.41, 5.74) is 0. The number of hydrogen-bond donors (Lipinski definition) is 1. The van der Waals surface area contributed by atoms with Crippen LogP contribution in [0.2, 0.25) is 0 Å². The number of alkyl halides is 4. The van der Waals surface area contributed by atoms with Gasteiger partial charge in [-0.05, 0) is 18.8 Å². The van der Waals surface area contributed by atoms with Gasteiger partial charge in [0.15, 0.2) is 0 Å². The van der Waals surface area contributed by atoms with Crippen LogP contribution in [0.15, 0.2) is 0 Å². The summed E-state index contributed by atoms with van der Waals surface area (Å²) in [5.74, 6) is -0.166. The summed E-state index contributed by atoms with van der Waals surface area (Å²) in [7, 11) is -3.70. The van der Waals surface area contributed by atoms with Crippen LogP contribution >= 0.6 is 11.6 Å². The van der Waals surface area contributed by atoms with Gasteiger partial charge in [0.05, 0.1) is 5.75 Å². The average molecular weight is 310 g/mol. The second kappa shape index (κ2) is 7.55. The van der Waals surface area contributed by atoms with Crippen LogP contribution in [0.3, 0.4) is 0 Å². The summed E-state index contributed by atoms with van der Waals surface area (Å²) in [4.78, 5) is 0. The molecule has 0 heterocycles. The fraction of sp³-hybridized carbons (Fsp3) is 1.00. The van der Waals surface area contributed by atoms with E-state index >= 15 is 0 Å². The second-order valence-corrected chi connectivity index (χ2v) is 6.82. The lowest BCUT2D eigenvalue weighted by Gasteiger charge is -2.18. The van der Waals surface area contributed by atoms with Crippen molar-refractivity contribution in [3.63, 3.8) is 0 Å². The number of sulfonamides is 1. The Morgan fingerprint density at radius 1 is 1.28 bits per heavy atom. The molecule has 110 valence electrons. The van der Waals surface area contributed by atoms with Crippen LogP contribution in [0.5, 0.6) is 0 Å². The Morgan fingerprint density at radius 2 is 1.83 bits per heavy atom. The minimum atomic E-state index is -4.32. The van der Waals surface area contributed by atoms with Crippen LogP contribution in [0.25, 0.3) is 0 Å². The number of rotatable bonds is 8. The fourth-order valence-electron chi connectivity index (χ4n) is 1.49. The molecule has 1 N–H and O–H groups in total. The zero-order valence-electron chi connectivity index (χ0n) is 10.4. The zero-order chi connectivity index (χ0) is 14.4. The lowest BCUT2D eigenvalue weighted by molar-refractivity contribution is -0.134. The molecule has 0 aliphatic carbocycles. The van der Waals surface area contributed by atoms with Gasteiger partial charge in [0.1, 0.15) is 0 Å². The van der Waals surface area contributed by atoms with Crippen LogP contribution < -0.4 is 4.72 Å². The molecular formula is C10H19ClF3NO2S. The molecule has 0 saturated carbocycles. The van der Waals surface area contributed by atoms with Gasteiger partial charge in [-0.3, -0.25) is 0 Å². The van der Waals surface area contributed by atoms with Gasteiger partial charge in [-0.15, -0.1) is 11.6 Å². The third-order valence-corrected chi connectivity index (χ3v) is 4.05. The van der Waals surface area contributed by atoms with Crippen molar-refractivity contribution < 1.29 is 21.6 Å². The molecule has 1 atom stereocenters. The number of halogens is 4. The summed E-state index contributed by atoms with van der Waals surface area (Å²) in [5, 5.41) is 0. The zero-order valence-corrected chi connectivity index (χ0v) is 12.0. The molecular weight excluding hydrogens is 291 g/mol. The SMILES string of the molecule is CC(C)CC(CCl)NS(=O)(=O)CCCC(F)(F)F. The van der Waals surface area contributed by atoms with Crippen molar-refractivity contribution in [1.82, 2.24) is 4.72 Å². The van der Waals surface area contributed by atoms with E-state index in [4.69, 9.17) is 11.6 Å². The Labute approximate surface area is 111 Å². The molecule has 0 aromatic carbocycles. The van der Waals surface area contributed by atoms with Gasteiger partial charge in [0.25, 0.3) is 0 Å². The van der Waals surface area contributed by atoms with E-state index in [2.05, 4.69) is 4.72 Å². The van der Waals surface area contributed by atoms with Crippen molar-refractivity contribution in [2.24, 2.45) is 5.92 Å². The average Bonchev–Trinajstić information content (AvgIpc) is 2.12.